The first kappa shape index (κ1) is 16.1. The zero-order valence-corrected chi connectivity index (χ0v) is 16.1. The third-order valence-corrected chi connectivity index (χ3v) is 7.72. The highest BCUT2D eigenvalue weighted by Gasteiger charge is 2.65. The average molecular weight is 365 g/mol. The van der Waals surface area contributed by atoms with Crippen LogP contribution in [0.15, 0.2) is 35.6 Å². The van der Waals surface area contributed by atoms with Gasteiger partial charge in [-0.1, -0.05) is 18.6 Å². The number of fused-ring (bicyclic) bond motifs is 1. The lowest BCUT2D eigenvalue weighted by Gasteiger charge is -2.37. The Kier molecular flexibility index (Phi) is 3.29. The van der Waals surface area contributed by atoms with Crippen molar-refractivity contribution in [2.45, 2.75) is 49.7 Å². The lowest BCUT2D eigenvalue weighted by atomic mass is 9.65. The molecule has 6 rings (SSSR count). The van der Waals surface area contributed by atoms with Gasteiger partial charge in [-0.15, -0.1) is 0 Å². The number of hydrogen-bond acceptors (Lipinski definition) is 4. The van der Waals surface area contributed by atoms with Gasteiger partial charge in [0.2, 0.25) is 0 Å². The number of benzene rings is 1. The van der Waals surface area contributed by atoms with Gasteiger partial charge in [-0.2, -0.15) is 0 Å². The van der Waals surface area contributed by atoms with E-state index in [-0.39, 0.29) is 11.5 Å². The number of ether oxygens (including phenoxy) is 3. The lowest BCUT2D eigenvalue weighted by molar-refractivity contribution is 0.114. The molecule has 0 aromatic heterocycles. The van der Waals surface area contributed by atoms with Gasteiger partial charge in [-0.25, -0.2) is 0 Å². The molecule has 4 atom stereocenters. The molecule has 2 saturated carbocycles. The molecule has 5 aliphatic rings. The van der Waals surface area contributed by atoms with Gasteiger partial charge in [0.1, 0.15) is 5.76 Å². The molecule has 2 bridgehead atoms. The predicted molar refractivity (Wildman–Crippen MR) is 103 cm³/mol. The third kappa shape index (κ3) is 1.92. The molecule has 3 unspecified atom stereocenters. The number of nitrogens with one attached hydrogen (secondary N) is 1. The zero-order valence-electron chi connectivity index (χ0n) is 16.1. The van der Waals surface area contributed by atoms with Crippen molar-refractivity contribution in [3.05, 3.63) is 46.7 Å². The quantitative estimate of drug-likeness (QED) is 0.867. The van der Waals surface area contributed by atoms with Crippen molar-refractivity contribution in [3.8, 4) is 11.5 Å². The molecule has 0 saturated heterocycles. The Morgan fingerprint density at radius 1 is 1.19 bits per heavy atom. The Morgan fingerprint density at radius 2 is 2.07 bits per heavy atom. The van der Waals surface area contributed by atoms with E-state index in [0.29, 0.717) is 12.0 Å². The van der Waals surface area contributed by atoms with E-state index in [1.807, 2.05) is 0 Å². The van der Waals surface area contributed by atoms with Gasteiger partial charge in [-0.3, -0.25) is 0 Å². The van der Waals surface area contributed by atoms with Gasteiger partial charge in [0.15, 0.2) is 17.6 Å². The van der Waals surface area contributed by atoms with Crippen molar-refractivity contribution in [2.75, 3.05) is 20.8 Å². The third-order valence-electron chi connectivity index (χ3n) is 7.72. The van der Waals surface area contributed by atoms with Crippen LogP contribution < -0.4 is 14.8 Å². The second-order valence-corrected chi connectivity index (χ2v) is 8.85. The molecule has 27 heavy (non-hydrogen) atoms. The Labute approximate surface area is 160 Å². The molecular weight excluding hydrogens is 338 g/mol. The summed E-state index contributed by atoms with van der Waals surface area (Å²) in [6.45, 7) is 1.15. The van der Waals surface area contributed by atoms with E-state index in [4.69, 9.17) is 14.2 Å². The summed E-state index contributed by atoms with van der Waals surface area (Å²) in [5.74, 6) is 4.21. The van der Waals surface area contributed by atoms with E-state index in [1.54, 1.807) is 14.2 Å². The molecule has 4 aliphatic carbocycles. The van der Waals surface area contributed by atoms with Gasteiger partial charge in [0.25, 0.3) is 0 Å². The molecule has 1 aliphatic heterocycles. The molecule has 0 radical (unpaired) electrons. The molecule has 142 valence electrons. The van der Waals surface area contributed by atoms with Crippen molar-refractivity contribution in [2.24, 2.45) is 11.8 Å². The summed E-state index contributed by atoms with van der Waals surface area (Å²) < 4.78 is 18.0. The molecular formula is C23H27NO3. The van der Waals surface area contributed by atoms with Crippen LogP contribution in [0.5, 0.6) is 11.5 Å². The number of allylic oxidation sites excluding steroid dienone is 2. The minimum Gasteiger partial charge on any atom is -0.497 e. The molecule has 4 nitrogen and oxygen atoms in total. The van der Waals surface area contributed by atoms with Crippen molar-refractivity contribution in [1.29, 1.82) is 0 Å². The number of hydrogen-bond donors (Lipinski definition) is 1. The number of rotatable bonds is 5. The topological polar surface area (TPSA) is 39.7 Å². The highest BCUT2D eigenvalue weighted by molar-refractivity contribution is 5.68. The van der Waals surface area contributed by atoms with E-state index in [9.17, 15) is 0 Å². The van der Waals surface area contributed by atoms with Crippen LogP contribution in [0.25, 0.3) is 0 Å². The average Bonchev–Trinajstić information content (AvgIpc) is 3.12. The minimum atomic E-state index is -0.0838. The fourth-order valence-electron chi connectivity index (χ4n) is 6.30. The van der Waals surface area contributed by atoms with Crippen LogP contribution in [-0.2, 0) is 16.6 Å². The van der Waals surface area contributed by atoms with E-state index in [0.717, 1.165) is 42.6 Å². The molecule has 1 heterocycles. The molecule has 2 fully saturated rings. The monoisotopic (exact) mass is 365 g/mol. The highest BCUT2D eigenvalue weighted by atomic mass is 16.6. The van der Waals surface area contributed by atoms with E-state index in [1.165, 1.54) is 36.0 Å². The fraction of sp³-hybridized carbons (Fsp3) is 0.565. The summed E-state index contributed by atoms with van der Waals surface area (Å²) in [5, 5.41) is 3.96. The summed E-state index contributed by atoms with van der Waals surface area (Å²) in [6, 6.07) is 4.77. The summed E-state index contributed by atoms with van der Waals surface area (Å²) in [4.78, 5) is 0. The number of methoxy groups -OCH3 is 2. The molecule has 4 heteroatoms. The van der Waals surface area contributed by atoms with Gasteiger partial charge < -0.3 is 19.5 Å². The Hall–Kier alpha value is -1.94. The summed E-state index contributed by atoms with van der Waals surface area (Å²) in [5.41, 5.74) is 4.22. The van der Waals surface area contributed by atoms with Crippen molar-refractivity contribution >= 4 is 0 Å². The SMILES string of the molecule is COC1=CC=C2[C@@H](NCC3CCC3)C3Cc4ccc(OC)c5c4C2(C3)C1O5. The smallest absolute Gasteiger partial charge is 0.169 e. The van der Waals surface area contributed by atoms with Crippen LogP contribution in [0, 0.1) is 11.8 Å². The van der Waals surface area contributed by atoms with Crippen LogP contribution in [0.2, 0.25) is 0 Å². The minimum absolute atomic E-state index is 0.0640. The molecule has 1 aromatic carbocycles. The molecule has 1 N–H and O–H groups in total. The van der Waals surface area contributed by atoms with E-state index < -0.39 is 0 Å². The van der Waals surface area contributed by atoms with Crippen LogP contribution >= 0.6 is 0 Å². The molecule has 0 amide bonds. The van der Waals surface area contributed by atoms with Gasteiger partial charge in [-0.05, 0) is 67.3 Å². The predicted octanol–water partition coefficient (Wildman–Crippen LogP) is 3.50. The maximum absolute atomic E-state index is 6.57. The highest BCUT2D eigenvalue weighted by Crippen LogP contribution is 2.65. The van der Waals surface area contributed by atoms with E-state index in [2.05, 4.69) is 29.6 Å². The molecule has 1 aromatic rings. The summed E-state index contributed by atoms with van der Waals surface area (Å²) in [7, 11) is 3.49. The standard InChI is InChI=1S/C23H27NO3/c1-25-17-8-6-14-10-15-11-23-16(20(15)24-12-13-4-3-5-13)7-9-18(26-2)22(23)27-21(17)19(14)23/h6-9,13,15,20,22,24H,3-5,10-12H2,1-2H3/t15?,20-,22?,23?/m0/s1. The Balaban J connectivity index is 1.48. The first-order chi connectivity index (χ1) is 13.3. The second-order valence-electron chi connectivity index (χ2n) is 8.85. The first-order valence-electron chi connectivity index (χ1n) is 10.3. The van der Waals surface area contributed by atoms with E-state index >= 15 is 0 Å². The van der Waals surface area contributed by atoms with Crippen molar-refractivity contribution in [3.63, 3.8) is 0 Å². The summed E-state index contributed by atoms with van der Waals surface area (Å²) >= 11 is 0. The van der Waals surface area contributed by atoms with Crippen LogP contribution in [0.1, 0.15) is 36.8 Å². The maximum atomic E-state index is 6.57. The molecule has 1 spiro atoms. The van der Waals surface area contributed by atoms with Crippen LogP contribution in [-0.4, -0.2) is 32.9 Å². The van der Waals surface area contributed by atoms with Gasteiger partial charge in [0.05, 0.1) is 19.6 Å². The normalized spacial score (nSPS) is 35.0. The largest absolute Gasteiger partial charge is 0.497 e. The van der Waals surface area contributed by atoms with Crippen molar-refractivity contribution in [1.82, 2.24) is 5.32 Å². The Bertz CT molecular complexity index is 869. The van der Waals surface area contributed by atoms with Crippen molar-refractivity contribution < 1.29 is 14.2 Å². The van der Waals surface area contributed by atoms with Gasteiger partial charge in [0, 0.05) is 11.6 Å². The first-order valence-corrected chi connectivity index (χ1v) is 10.3. The second kappa shape index (κ2) is 5.54. The van der Waals surface area contributed by atoms with Crippen LogP contribution in [0.3, 0.4) is 0 Å². The fourth-order valence-corrected chi connectivity index (χ4v) is 6.30. The summed E-state index contributed by atoms with van der Waals surface area (Å²) in [6.07, 6.45) is 10.8. The maximum Gasteiger partial charge on any atom is 0.169 e. The zero-order chi connectivity index (χ0) is 18.2. The van der Waals surface area contributed by atoms with Gasteiger partial charge >= 0.3 is 0 Å². The lowest BCUT2D eigenvalue weighted by Crippen LogP contribution is -2.44. The van der Waals surface area contributed by atoms with Crippen LogP contribution in [0.4, 0.5) is 0 Å². The Morgan fingerprint density at radius 3 is 2.81 bits per heavy atom.